The summed E-state index contributed by atoms with van der Waals surface area (Å²) in [6.07, 6.45) is 4.76. The van der Waals surface area contributed by atoms with Crippen molar-refractivity contribution in [2.75, 3.05) is 78.7 Å². The van der Waals surface area contributed by atoms with Crippen LogP contribution in [0.25, 0.3) is 44.8 Å². The summed E-state index contributed by atoms with van der Waals surface area (Å²) in [5.41, 5.74) is 3.14. The molecule has 8 rings (SSSR count). The Kier molecular flexibility index (Phi) is 14.8. The van der Waals surface area contributed by atoms with Gasteiger partial charge < -0.3 is 29.2 Å². The molecule has 0 bridgehead atoms. The van der Waals surface area contributed by atoms with Gasteiger partial charge in [0, 0.05) is 66.5 Å². The third kappa shape index (κ3) is 9.84. The monoisotopic (exact) mass is 974 g/mol. The highest BCUT2D eigenvalue weighted by molar-refractivity contribution is 7.89. The van der Waals surface area contributed by atoms with Crippen molar-refractivity contribution in [3.63, 3.8) is 0 Å². The summed E-state index contributed by atoms with van der Waals surface area (Å²) >= 11 is 0. The van der Waals surface area contributed by atoms with Gasteiger partial charge in [0.15, 0.2) is 11.0 Å². The number of hydrogen-bond acceptors (Lipinski definition) is 14. The highest BCUT2D eigenvalue weighted by atomic mass is 32.2. The molecule has 0 saturated carbocycles. The zero-order chi connectivity index (χ0) is 48.3. The number of hydrogen-bond donors (Lipinski definition) is 2. The number of unbranched alkanes of at least 4 members (excludes halogenated alkanes) is 1. The molecule has 2 fully saturated rings. The normalized spacial score (nSPS) is 16.0. The number of nitrogens with one attached hydrogen (secondary N) is 2. The average Bonchev–Trinajstić information content (AvgIpc) is 3.82. The van der Waals surface area contributed by atoms with E-state index in [4.69, 9.17) is 19.4 Å². The Labute approximate surface area is 396 Å². The predicted molar refractivity (Wildman–Crippen MR) is 259 cm³/mol. The molecule has 6 aromatic rings. The van der Waals surface area contributed by atoms with Gasteiger partial charge in [-0.3, -0.25) is 19.0 Å². The fourth-order valence-electron chi connectivity index (χ4n) is 9.19. The molecular weight excluding hydrogens is 913 g/mol. The first kappa shape index (κ1) is 48.9. The first-order valence-corrected chi connectivity index (χ1v) is 26.5. The Balaban J connectivity index is 0.846. The largest absolute Gasteiger partial charge is 0.493 e. The molecule has 0 radical (unpaired) electrons. The summed E-state index contributed by atoms with van der Waals surface area (Å²) in [6.45, 7) is 13.7. The number of aromatic amines is 2. The second kappa shape index (κ2) is 20.6. The third-order valence-corrected chi connectivity index (χ3v) is 16.4. The zero-order valence-electron chi connectivity index (χ0n) is 39.7. The van der Waals surface area contributed by atoms with Crippen molar-refractivity contribution in [1.29, 1.82) is 0 Å². The van der Waals surface area contributed by atoms with Crippen molar-refractivity contribution in [3.05, 3.63) is 68.5 Å². The highest BCUT2D eigenvalue weighted by Gasteiger charge is 2.32. The van der Waals surface area contributed by atoms with Crippen LogP contribution >= 0.6 is 0 Å². The average molecular weight is 975 g/mol. The van der Waals surface area contributed by atoms with Crippen LogP contribution in [0.15, 0.2) is 55.8 Å². The number of piperazine rings is 2. The number of nitrogens with zero attached hydrogens (tertiary/aromatic N) is 10. The van der Waals surface area contributed by atoms with E-state index >= 15 is 0 Å². The van der Waals surface area contributed by atoms with Crippen LogP contribution in [-0.4, -0.2) is 153 Å². The quantitative estimate of drug-likeness (QED) is 0.110. The lowest BCUT2D eigenvalue weighted by molar-refractivity contribution is 0.168. The van der Waals surface area contributed by atoms with E-state index in [1.54, 1.807) is 38.4 Å². The number of sulfonamides is 2. The predicted octanol–water partition coefficient (Wildman–Crippen LogP) is 3.76. The number of aryl methyl sites for hydroxylation is 4. The maximum atomic E-state index is 14.1. The van der Waals surface area contributed by atoms with Crippen LogP contribution < -0.4 is 20.6 Å². The molecule has 0 unspecified atom stereocenters. The van der Waals surface area contributed by atoms with Gasteiger partial charge in [0.1, 0.15) is 34.2 Å². The molecule has 0 spiro atoms. The minimum absolute atomic E-state index is 0.0962. The second-order valence-electron chi connectivity index (χ2n) is 17.2. The summed E-state index contributed by atoms with van der Waals surface area (Å²) in [7, 11) is -4.34. The Hall–Kier alpha value is -5.52. The van der Waals surface area contributed by atoms with Gasteiger partial charge in [-0.25, -0.2) is 26.8 Å². The molecule has 2 aromatic carbocycles. The Bertz CT molecular complexity index is 2920. The van der Waals surface area contributed by atoms with Crippen LogP contribution in [0.3, 0.4) is 0 Å². The molecule has 4 aromatic heterocycles. The molecule has 6 heterocycles. The van der Waals surface area contributed by atoms with E-state index in [1.165, 1.54) is 30.1 Å². The second-order valence-corrected chi connectivity index (χ2v) is 21.1. The third-order valence-electron chi connectivity index (χ3n) is 12.6. The molecule has 366 valence electrons. The van der Waals surface area contributed by atoms with E-state index in [2.05, 4.69) is 30.0 Å². The standard InChI is InChI=1S/C46H62N12O8S2/c1-7-13-35-39-41(53(5)51-35)45(59)49-43(47-39)33-29-31(15-17-37(33)65-9-3)67(61,62)57-25-21-55(22-26-57)19-11-12-20-56-23-27-58(28-24-56)68(63,64)32-16-18-38(66-10-4)34(30-32)44-48-40-36(14-8-2)52-54(6)42(40)46(60)50-44/h15-18,29-30H,7-14,19-28H2,1-6H3,(H,47,49,59)(H,48,50,60). The Morgan fingerprint density at radius 1 is 0.574 bits per heavy atom. The molecule has 22 heteroatoms. The number of H-pyrrole nitrogens is 2. The number of rotatable bonds is 19. The van der Waals surface area contributed by atoms with Gasteiger partial charge in [0.25, 0.3) is 11.1 Å². The van der Waals surface area contributed by atoms with Crippen molar-refractivity contribution in [2.24, 2.45) is 14.1 Å². The van der Waals surface area contributed by atoms with E-state index < -0.39 is 20.0 Å². The topological polar surface area (TPSA) is 227 Å². The van der Waals surface area contributed by atoms with Crippen LogP contribution in [-0.2, 0) is 47.0 Å². The van der Waals surface area contributed by atoms with Crippen molar-refractivity contribution < 1.29 is 26.3 Å². The van der Waals surface area contributed by atoms with Crippen LogP contribution in [0.2, 0.25) is 0 Å². The summed E-state index contributed by atoms with van der Waals surface area (Å²) in [6, 6.07) is 9.39. The van der Waals surface area contributed by atoms with E-state index in [1.807, 2.05) is 27.7 Å². The van der Waals surface area contributed by atoms with E-state index in [0.29, 0.717) is 134 Å². The molecule has 2 aliphatic rings. The van der Waals surface area contributed by atoms with Gasteiger partial charge in [-0.05, 0) is 89.0 Å². The highest BCUT2D eigenvalue weighted by Crippen LogP contribution is 2.34. The van der Waals surface area contributed by atoms with E-state index in [0.717, 1.165) is 38.8 Å². The molecule has 0 atom stereocenters. The lowest BCUT2D eigenvalue weighted by Gasteiger charge is -2.35. The first-order valence-electron chi connectivity index (χ1n) is 23.6. The minimum atomic E-state index is -3.88. The summed E-state index contributed by atoms with van der Waals surface area (Å²) < 4.78 is 74.0. The number of benzene rings is 2. The molecule has 20 nitrogen and oxygen atoms in total. The molecule has 2 N–H and O–H groups in total. The van der Waals surface area contributed by atoms with Crippen LogP contribution in [0.1, 0.15) is 64.8 Å². The first-order chi connectivity index (χ1) is 32.7. The minimum Gasteiger partial charge on any atom is -0.493 e. The van der Waals surface area contributed by atoms with Crippen molar-refractivity contribution in [3.8, 4) is 34.3 Å². The van der Waals surface area contributed by atoms with Crippen LogP contribution in [0.5, 0.6) is 11.5 Å². The van der Waals surface area contributed by atoms with Crippen molar-refractivity contribution >= 4 is 42.1 Å². The lowest BCUT2D eigenvalue weighted by Crippen LogP contribution is -2.49. The van der Waals surface area contributed by atoms with Gasteiger partial charge in [0.05, 0.1) is 45.5 Å². The number of aromatic nitrogens is 8. The van der Waals surface area contributed by atoms with Crippen molar-refractivity contribution in [2.45, 2.75) is 76.0 Å². The fourth-order valence-corrected chi connectivity index (χ4v) is 12.1. The SMILES string of the molecule is CCCc1nn(C)c2c(=O)[nH]c(-c3cc(S(=O)(=O)N4CCN(CCCCN5CCN(S(=O)(=O)c6ccc(OCC)c(-c7nc8c(CCC)nn(C)c8c(=O)[nH]7)c6)CC5)CC4)ccc3OCC)nc12. The van der Waals surface area contributed by atoms with Gasteiger partial charge in [0.2, 0.25) is 20.0 Å². The zero-order valence-corrected chi connectivity index (χ0v) is 41.4. The van der Waals surface area contributed by atoms with Gasteiger partial charge in [-0.15, -0.1) is 0 Å². The molecule has 2 saturated heterocycles. The molecule has 0 aliphatic carbocycles. The van der Waals surface area contributed by atoms with E-state index in [-0.39, 0.29) is 32.6 Å². The Morgan fingerprint density at radius 2 is 0.956 bits per heavy atom. The summed E-state index contributed by atoms with van der Waals surface area (Å²) in [5.74, 6) is 1.27. The number of ether oxygens (including phenoxy) is 2. The van der Waals surface area contributed by atoms with E-state index in [9.17, 15) is 26.4 Å². The molecular formula is C46H62N12O8S2. The van der Waals surface area contributed by atoms with Gasteiger partial charge in [-0.1, -0.05) is 26.7 Å². The van der Waals surface area contributed by atoms with Gasteiger partial charge >= 0.3 is 0 Å². The maximum absolute atomic E-state index is 14.1. The molecule has 0 amide bonds. The molecule has 68 heavy (non-hydrogen) atoms. The summed E-state index contributed by atoms with van der Waals surface area (Å²) in [5, 5.41) is 9.02. The van der Waals surface area contributed by atoms with Gasteiger partial charge in [-0.2, -0.15) is 18.8 Å². The lowest BCUT2D eigenvalue weighted by atomic mass is 10.1. The number of fused-ring (bicyclic) bond motifs is 2. The van der Waals surface area contributed by atoms with Crippen LogP contribution in [0.4, 0.5) is 0 Å². The maximum Gasteiger partial charge on any atom is 0.277 e. The van der Waals surface area contributed by atoms with Crippen LogP contribution in [0, 0.1) is 0 Å². The summed E-state index contributed by atoms with van der Waals surface area (Å²) in [4.78, 5) is 46.5. The molecule has 2 aliphatic heterocycles. The fraction of sp³-hybridized carbons (Fsp3) is 0.522. The van der Waals surface area contributed by atoms with Crippen molar-refractivity contribution in [1.82, 2.24) is 57.9 Å². The Morgan fingerprint density at radius 3 is 1.31 bits per heavy atom. The smallest absolute Gasteiger partial charge is 0.277 e.